The number of benzene rings is 1. The number of hydrogen-bond donors (Lipinski definition) is 2. The fourth-order valence-electron chi connectivity index (χ4n) is 2.49. The highest BCUT2D eigenvalue weighted by molar-refractivity contribution is 5.22. The van der Waals surface area contributed by atoms with E-state index < -0.39 is 0 Å². The van der Waals surface area contributed by atoms with Gasteiger partial charge in [-0.05, 0) is 30.5 Å². The highest BCUT2D eigenvalue weighted by Crippen LogP contribution is 2.19. The fraction of sp³-hybridized carbons (Fsp3) is 0.571. The maximum absolute atomic E-state index is 9.36. The lowest BCUT2D eigenvalue weighted by Gasteiger charge is -2.34. The monoisotopic (exact) mass is 234 g/mol. The predicted molar refractivity (Wildman–Crippen MR) is 69.5 cm³/mol. The minimum atomic E-state index is 0.279. The Balaban J connectivity index is 1.98. The Morgan fingerprint density at radius 2 is 1.88 bits per heavy atom. The molecule has 1 aliphatic heterocycles. The van der Waals surface area contributed by atoms with Gasteiger partial charge in [0.15, 0.2) is 0 Å². The van der Waals surface area contributed by atoms with Gasteiger partial charge >= 0.3 is 0 Å². The zero-order chi connectivity index (χ0) is 12.1. The van der Waals surface area contributed by atoms with Crippen LogP contribution in [-0.4, -0.2) is 29.2 Å². The van der Waals surface area contributed by atoms with Crippen molar-refractivity contribution in [3.63, 3.8) is 0 Å². The van der Waals surface area contributed by atoms with Crippen molar-refractivity contribution in [3.05, 3.63) is 35.4 Å². The van der Waals surface area contributed by atoms with E-state index in [-0.39, 0.29) is 6.61 Å². The van der Waals surface area contributed by atoms with Crippen LogP contribution in [0, 0.1) is 0 Å². The molecular weight excluding hydrogens is 212 g/mol. The SMILES string of the molecule is NCc1ccc(CN2CCCCC2CO)cc1. The number of aliphatic hydroxyl groups is 1. The molecule has 1 aromatic carbocycles. The number of nitrogens with two attached hydrogens (primary N) is 1. The Hall–Kier alpha value is -0.900. The van der Waals surface area contributed by atoms with Gasteiger partial charge in [0.25, 0.3) is 0 Å². The van der Waals surface area contributed by atoms with Crippen LogP contribution >= 0.6 is 0 Å². The van der Waals surface area contributed by atoms with E-state index in [2.05, 4.69) is 29.2 Å². The molecule has 0 bridgehead atoms. The fourth-order valence-corrected chi connectivity index (χ4v) is 2.49. The molecule has 0 saturated carbocycles. The molecule has 3 N–H and O–H groups in total. The number of aliphatic hydroxyl groups excluding tert-OH is 1. The van der Waals surface area contributed by atoms with Gasteiger partial charge in [0.05, 0.1) is 6.61 Å². The minimum Gasteiger partial charge on any atom is -0.395 e. The Morgan fingerprint density at radius 3 is 2.53 bits per heavy atom. The molecule has 0 spiro atoms. The third-order valence-corrected chi connectivity index (χ3v) is 3.60. The van der Waals surface area contributed by atoms with Gasteiger partial charge in [-0.2, -0.15) is 0 Å². The lowest BCUT2D eigenvalue weighted by Crippen LogP contribution is -2.41. The smallest absolute Gasteiger partial charge is 0.0586 e. The molecule has 17 heavy (non-hydrogen) atoms. The third-order valence-electron chi connectivity index (χ3n) is 3.60. The molecule has 0 radical (unpaired) electrons. The molecule has 1 fully saturated rings. The van der Waals surface area contributed by atoms with Gasteiger partial charge in [-0.3, -0.25) is 4.90 Å². The minimum absolute atomic E-state index is 0.279. The molecule has 3 heteroatoms. The van der Waals surface area contributed by atoms with Gasteiger partial charge in [0.2, 0.25) is 0 Å². The summed E-state index contributed by atoms with van der Waals surface area (Å²) in [7, 11) is 0. The number of hydrogen-bond acceptors (Lipinski definition) is 3. The number of piperidine rings is 1. The lowest BCUT2D eigenvalue weighted by atomic mass is 10.0. The summed E-state index contributed by atoms with van der Waals surface area (Å²) in [6, 6.07) is 8.81. The molecule has 3 nitrogen and oxygen atoms in total. The van der Waals surface area contributed by atoms with E-state index in [9.17, 15) is 5.11 Å². The van der Waals surface area contributed by atoms with E-state index in [0.29, 0.717) is 12.6 Å². The van der Waals surface area contributed by atoms with Crippen molar-refractivity contribution in [2.75, 3.05) is 13.2 Å². The van der Waals surface area contributed by atoms with Crippen LogP contribution in [0.25, 0.3) is 0 Å². The van der Waals surface area contributed by atoms with Crippen molar-refractivity contribution in [2.24, 2.45) is 5.73 Å². The van der Waals surface area contributed by atoms with Crippen LogP contribution in [0.15, 0.2) is 24.3 Å². The van der Waals surface area contributed by atoms with Crippen LogP contribution in [0.1, 0.15) is 30.4 Å². The standard InChI is InChI=1S/C14H22N2O/c15-9-12-4-6-13(7-5-12)10-16-8-2-1-3-14(16)11-17/h4-7,14,17H,1-3,8-11,15H2. The summed E-state index contributed by atoms with van der Waals surface area (Å²) in [5.41, 5.74) is 8.06. The van der Waals surface area contributed by atoms with Gasteiger partial charge in [-0.15, -0.1) is 0 Å². The predicted octanol–water partition coefficient (Wildman–Crippen LogP) is 1.49. The van der Waals surface area contributed by atoms with Crippen molar-refractivity contribution in [3.8, 4) is 0 Å². The Bertz CT molecular complexity index is 337. The molecule has 1 heterocycles. The summed E-state index contributed by atoms with van der Waals surface area (Å²) in [5.74, 6) is 0. The molecule has 1 saturated heterocycles. The van der Waals surface area contributed by atoms with Crippen LogP contribution in [0.4, 0.5) is 0 Å². The van der Waals surface area contributed by atoms with Crippen LogP contribution in [0.3, 0.4) is 0 Å². The Kier molecular flexibility index (Phi) is 4.54. The van der Waals surface area contributed by atoms with Crippen LogP contribution in [0.2, 0.25) is 0 Å². The molecule has 1 atom stereocenters. The van der Waals surface area contributed by atoms with E-state index in [1.165, 1.54) is 24.0 Å². The van der Waals surface area contributed by atoms with Gasteiger partial charge < -0.3 is 10.8 Å². The zero-order valence-electron chi connectivity index (χ0n) is 10.3. The zero-order valence-corrected chi connectivity index (χ0v) is 10.3. The van der Waals surface area contributed by atoms with Gasteiger partial charge in [-0.25, -0.2) is 0 Å². The molecular formula is C14H22N2O. The van der Waals surface area contributed by atoms with Gasteiger partial charge in [0, 0.05) is 19.1 Å². The van der Waals surface area contributed by atoms with Gasteiger partial charge in [-0.1, -0.05) is 30.7 Å². The molecule has 94 valence electrons. The molecule has 0 aliphatic carbocycles. The van der Waals surface area contributed by atoms with E-state index in [4.69, 9.17) is 5.73 Å². The summed E-state index contributed by atoms with van der Waals surface area (Å²) < 4.78 is 0. The third kappa shape index (κ3) is 3.28. The average Bonchev–Trinajstić information content (AvgIpc) is 2.40. The first kappa shape index (κ1) is 12.6. The summed E-state index contributed by atoms with van der Waals surface area (Å²) in [6.45, 7) is 2.92. The molecule has 1 aliphatic rings. The van der Waals surface area contributed by atoms with Crippen LogP contribution < -0.4 is 5.73 Å². The first-order valence-corrected chi connectivity index (χ1v) is 6.46. The summed E-state index contributed by atoms with van der Waals surface area (Å²) in [6.07, 6.45) is 3.61. The molecule has 0 aromatic heterocycles. The van der Waals surface area contributed by atoms with Crippen molar-refractivity contribution in [1.29, 1.82) is 0 Å². The van der Waals surface area contributed by atoms with E-state index in [1.54, 1.807) is 0 Å². The second-order valence-corrected chi connectivity index (χ2v) is 4.82. The normalized spacial score (nSPS) is 21.6. The summed E-state index contributed by atoms with van der Waals surface area (Å²) >= 11 is 0. The highest BCUT2D eigenvalue weighted by Gasteiger charge is 2.21. The van der Waals surface area contributed by atoms with Crippen molar-refractivity contribution in [2.45, 2.75) is 38.4 Å². The van der Waals surface area contributed by atoms with E-state index in [0.717, 1.165) is 19.5 Å². The van der Waals surface area contributed by atoms with E-state index in [1.807, 2.05) is 0 Å². The highest BCUT2D eigenvalue weighted by atomic mass is 16.3. The Labute approximate surface area is 103 Å². The number of nitrogens with zero attached hydrogens (tertiary/aromatic N) is 1. The largest absolute Gasteiger partial charge is 0.395 e. The van der Waals surface area contributed by atoms with Gasteiger partial charge in [0.1, 0.15) is 0 Å². The topological polar surface area (TPSA) is 49.5 Å². The number of rotatable bonds is 4. The van der Waals surface area contributed by atoms with Crippen molar-refractivity contribution in [1.82, 2.24) is 4.90 Å². The maximum Gasteiger partial charge on any atom is 0.0586 e. The molecule has 2 rings (SSSR count). The summed E-state index contributed by atoms with van der Waals surface area (Å²) in [5, 5.41) is 9.36. The van der Waals surface area contributed by atoms with Crippen LogP contribution in [-0.2, 0) is 13.1 Å². The van der Waals surface area contributed by atoms with E-state index >= 15 is 0 Å². The molecule has 0 amide bonds. The number of likely N-dealkylation sites (tertiary alicyclic amines) is 1. The molecule has 1 aromatic rings. The van der Waals surface area contributed by atoms with Crippen LogP contribution in [0.5, 0.6) is 0 Å². The second kappa shape index (κ2) is 6.15. The van der Waals surface area contributed by atoms with Crippen molar-refractivity contribution >= 4 is 0 Å². The molecule has 1 unspecified atom stereocenters. The Morgan fingerprint density at radius 1 is 1.18 bits per heavy atom. The quantitative estimate of drug-likeness (QED) is 0.830. The second-order valence-electron chi connectivity index (χ2n) is 4.82. The average molecular weight is 234 g/mol. The summed E-state index contributed by atoms with van der Waals surface area (Å²) in [4.78, 5) is 2.39. The first-order chi connectivity index (χ1) is 8.33. The first-order valence-electron chi connectivity index (χ1n) is 6.46. The lowest BCUT2D eigenvalue weighted by molar-refractivity contribution is 0.0841. The maximum atomic E-state index is 9.36. The van der Waals surface area contributed by atoms with Crippen molar-refractivity contribution < 1.29 is 5.11 Å².